The van der Waals surface area contributed by atoms with Gasteiger partial charge in [-0.3, -0.25) is 49.0 Å². The fourth-order valence-corrected chi connectivity index (χ4v) is 6.97. The molecular formula is C22H18N4O12S2. The Bertz CT molecular complexity index is 1270. The third-order valence-electron chi connectivity index (χ3n) is 6.73. The Balaban J connectivity index is 1.62. The minimum absolute atomic E-state index is 0.131. The summed E-state index contributed by atoms with van der Waals surface area (Å²) in [5.74, 6) is -10.9. The molecule has 4 rings (SSSR count). The Labute approximate surface area is 231 Å². The highest BCUT2D eigenvalue weighted by atomic mass is 33.1. The molecule has 2 saturated heterocycles. The fourth-order valence-electron chi connectivity index (χ4n) is 4.91. The number of carbonyl (C=O) groups is 6. The third-order valence-corrected chi connectivity index (χ3v) is 9.15. The number of nitrogens with zero attached hydrogens (tertiary/aromatic N) is 4. The molecule has 2 N–H and O–H groups in total. The van der Waals surface area contributed by atoms with Crippen LogP contribution in [0.2, 0.25) is 0 Å². The summed E-state index contributed by atoms with van der Waals surface area (Å²) in [6.07, 6.45) is 4.70. The molecule has 0 aromatic heterocycles. The van der Waals surface area contributed by atoms with E-state index in [1.165, 1.54) is 0 Å². The Morgan fingerprint density at radius 2 is 1.02 bits per heavy atom. The van der Waals surface area contributed by atoms with Gasteiger partial charge in [-0.2, -0.15) is 0 Å². The number of imide groups is 2. The maximum atomic E-state index is 12.3. The monoisotopic (exact) mass is 594 g/mol. The number of nitro groups is 2. The number of likely N-dealkylation sites (tertiary alicyclic amines) is 2. The normalized spacial score (nSPS) is 30.0. The van der Waals surface area contributed by atoms with Crippen LogP contribution < -0.4 is 0 Å². The van der Waals surface area contributed by atoms with Gasteiger partial charge in [0, 0.05) is 47.6 Å². The first-order valence-electron chi connectivity index (χ1n) is 11.4. The van der Waals surface area contributed by atoms with Crippen LogP contribution in [0.15, 0.2) is 46.3 Å². The highest BCUT2D eigenvalue weighted by molar-refractivity contribution is 8.79. The van der Waals surface area contributed by atoms with Crippen molar-refractivity contribution in [3.05, 3.63) is 66.5 Å². The average molecular weight is 595 g/mol. The van der Waals surface area contributed by atoms with Gasteiger partial charge in [0.25, 0.3) is 0 Å². The van der Waals surface area contributed by atoms with E-state index < -0.39 is 68.6 Å². The molecule has 4 aliphatic rings. The van der Waals surface area contributed by atoms with Gasteiger partial charge < -0.3 is 10.2 Å². The number of hydrogen-bond donors (Lipinski definition) is 2. The molecule has 2 heterocycles. The molecule has 40 heavy (non-hydrogen) atoms. The number of allylic oxidation sites excluding steroid dienone is 2. The van der Waals surface area contributed by atoms with Crippen LogP contribution in [0, 0.1) is 32.1 Å². The minimum atomic E-state index is -2.69. The first-order valence-corrected chi connectivity index (χ1v) is 13.6. The van der Waals surface area contributed by atoms with E-state index in [4.69, 9.17) is 0 Å². The van der Waals surface area contributed by atoms with Crippen LogP contribution in [0.1, 0.15) is 25.7 Å². The number of rotatable bonds is 9. The van der Waals surface area contributed by atoms with E-state index in [0.717, 1.165) is 58.0 Å². The molecule has 2 fully saturated rings. The van der Waals surface area contributed by atoms with Gasteiger partial charge in [-0.15, -0.1) is 0 Å². The first-order chi connectivity index (χ1) is 18.8. The molecule has 0 bridgehead atoms. The van der Waals surface area contributed by atoms with Gasteiger partial charge in [-0.1, -0.05) is 21.6 Å². The van der Waals surface area contributed by atoms with E-state index >= 15 is 0 Å². The van der Waals surface area contributed by atoms with E-state index in [0.29, 0.717) is 9.80 Å². The topological polar surface area (TPSA) is 236 Å². The van der Waals surface area contributed by atoms with Crippen molar-refractivity contribution < 1.29 is 48.8 Å². The van der Waals surface area contributed by atoms with Crippen molar-refractivity contribution >= 4 is 57.2 Å². The minimum Gasteiger partial charge on any atom is -0.481 e. The first kappa shape index (κ1) is 28.7. The largest absolute Gasteiger partial charge is 0.481 e. The lowest BCUT2D eigenvalue weighted by Gasteiger charge is -2.35. The standard InChI is InChI=1S/C22H18N4O12S2/c27-15-1-2-16(28)23(15)21(25(35)36)7-5-11(9-13(21)19(31)32)39-40-12-6-8-22(26(37)38,14(10-12)20(33)34)24-17(29)3-4-18(24)30/h5-10,13-14H,1-4H2,(H,31,32)(H,33,34). The van der Waals surface area contributed by atoms with Crippen molar-refractivity contribution in [1.82, 2.24) is 9.80 Å². The van der Waals surface area contributed by atoms with Gasteiger partial charge in [0.1, 0.15) is 0 Å². The van der Waals surface area contributed by atoms with Gasteiger partial charge in [-0.25, -0.2) is 9.80 Å². The zero-order valence-electron chi connectivity index (χ0n) is 20.0. The summed E-state index contributed by atoms with van der Waals surface area (Å²) in [6, 6.07) is 0. The van der Waals surface area contributed by atoms with Gasteiger partial charge in [-0.05, 0) is 24.3 Å². The lowest BCUT2D eigenvalue weighted by molar-refractivity contribution is -0.582. The molecule has 0 aromatic carbocycles. The van der Waals surface area contributed by atoms with Gasteiger partial charge >= 0.3 is 23.3 Å². The lowest BCUT2D eigenvalue weighted by atomic mass is 9.87. The van der Waals surface area contributed by atoms with Crippen molar-refractivity contribution in [2.75, 3.05) is 0 Å². The van der Waals surface area contributed by atoms with Gasteiger partial charge in [0.2, 0.25) is 23.6 Å². The number of aliphatic carboxylic acids is 2. The van der Waals surface area contributed by atoms with Crippen LogP contribution in [0.4, 0.5) is 0 Å². The van der Waals surface area contributed by atoms with Crippen molar-refractivity contribution in [3.63, 3.8) is 0 Å². The quantitative estimate of drug-likeness (QED) is 0.163. The molecule has 210 valence electrons. The van der Waals surface area contributed by atoms with E-state index in [9.17, 15) is 59.2 Å². The van der Waals surface area contributed by atoms with E-state index in [1.807, 2.05) is 0 Å². The van der Waals surface area contributed by atoms with Crippen LogP contribution >= 0.6 is 21.6 Å². The van der Waals surface area contributed by atoms with Crippen molar-refractivity contribution in [1.29, 1.82) is 0 Å². The molecule has 0 aromatic rings. The zero-order valence-corrected chi connectivity index (χ0v) is 21.7. The second kappa shape index (κ2) is 10.3. The molecule has 2 aliphatic carbocycles. The number of carbonyl (C=O) groups excluding carboxylic acids is 4. The molecule has 0 spiro atoms. The molecule has 4 atom stereocenters. The predicted molar refractivity (Wildman–Crippen MR) is 134 cm³/mol. The third kappa shape index (κ3) is 4.37. The molecule has 0 saturated carbocycles. The molecule has 2 aliphatic heterocycles. The van der Waals surface area contributed by atoms with E-state index in [1.54, 1.807) is 0 Å². The van der Waals surface area contributed by atoms with E-state index in [-0.39, 0.29) is 35.5 Å². The molecule has 16 nitrogen and oxygen atoms in total. The highest BCUT2D eigenvalue weighted by Gasteiger charge is 2.64. The maximum Gasteiger partial charge on any atom is 0.341 e. The van der Waals surface area contributed by atoms with Crippen LogP contribution in [0.25, 0.3) is 0 Å². The number of carboxylic acid groups (broad SMARTS) is 2. The molecule has 4 unspecified atom stereocenters. The number of hydrogen-bond acceptors (Lipinski definition) is 12. The summed E-state index contributed by atoms with van der Waals surface area (Å²) in [5.41, 5.74) is -5.38. The number of carboxylic acids is 2. The summed E-state index contributed by atoms with van der Waals surface area (Å²) in [6.45, 7) is 0. The maximum absolute atomic E-state index is 12.3. The Kier molecular flexibility index (Phi) is 7.41. The second-order valence-corrected chi connectivity index (χ2v) is 11.2. The van der Waals surface area contributed by atoms with Crippen molar-refractivity contribution in [2.24, 2.45) is 11.8 Å². The van der Waals surface area contributed by atoms with E-state index in [2.05, 4.69) is 0 Å². The van der Waals surface area contributed by atoms with Crippen molar-refractivity contribution in [2.45, 2.75) is 37.0 Å². The van der Waals surface area contributed by atoms with Crippen LogP contribution in [0.5, 0.6) is 0 Å². The molecular weight excluding hydrogens is 576 g/mol. The summed E-state index contributed by atoms with van der Waals surface area (Å²) in [7, 11) is 1.65. The highest BCUT2D eigenvalue weighted by Crippen LogP contribution is 2.47. The summed E-state index contributed by atoms with van der Waals surface area (Å²) in [5, 5.41) is 43.7. The van der Waals surface area contributed by atoms with Gasteiger partial charge in [0.05, 0.1) is 9.85 Å². The average Bonchev–Trinajstić information content (AvgIpc) is 3.41. The molecule has 4 amide bonds. The Morgan fingerprint density at radius 3 is 1.27 bits per heavy atom. The number of amides is 4. The molecule has 0 radical (unpaired) electrons. The predicted octanol–water partition coefficient (Wildman–Crippen LogP) is 0.921. The summed E-state index contributed by atoms with van der Waals surface area (Å²) < 4.78 is 0. The Morgan fingerprint density at radius 1 is 0.725 bits per heavy atom. The smallest absolute Gasteiger partial charge is 0.341 e. The summed E-state index contributed by atoms with van der Waals surface area (Å²) >= 11 is 0. The Hall–Kier alpha value is -4.32. The van der Waals surface area contributed by atoms with Gasteiger partial charge in [0.15, 0.2) is 11.8 Å². The molecule has 18 heteroatoms. The van der Waals surface area contributed by atoms with Crippen LogP contribution in [0.3, 0.4) is 0 Å². The van der Waals surface area contributed by atoms with Crippen molar-refractivity contribution in [3.8, 4) is 0 Å². The fraction of sp³-hybridized carbons (Fsp3) is 0.364. The summed E-state index contributed by atoms with van der Waals surface area (Å²) in [4.78, 5) is 96.3. The van der Waals surface area contributed by atoms with Crippen LogP contribution in [-0.2, 0) is 28.8 Å². The second-order valence-electron chi connectivity index (χ2n) is 8.93. The zero-order chi connectivity index (χ0) is 29.6. The van der Waals surface area contributed by atoms with Crippen LogP contribution in [-0.4, -0.2) is 76.8 Å². The lowest BCUT2D eigenvalue weighted by Crippen LogP contribution is -2.62. The SMILES string of the molecule is O=C(O)C1C=C(SSC2=CC(C(=O)O)C(N3C(=O)CCC3=O)([N+](=O)[O-])C=C2)C=CC1(N1C(=O)CCC1=O)[N+](=O)[O-].